The number of rotatable bonds is 2. The van der Waals surface area contributed by atoms with Crippen molar-refractivity contribution in [3.63, 3.8) is 0 Å². The van der Waals surface area contributed by atoms with Crippen LogP contribution in [0.4, 0.5) is 4.39 Å². The summed E-state index contributed by atoms with van der Waals surface area (Å²) in [6.07, 6.45) is 3.34. The summed E-state index contributed by atoms with van der Waals surface area (Å²) in [6.45, 7) is 0. The van der Waals surface area contributed by atoms with E-state index in [1.807, 2.05) is 0 Å². The molecule has 4 heteroatoms. The Morgan fingerprint density at radius 1 is 1.50 bits per heavy atom. The maximum atomic E-state index is 12.8. The van der Waals surface area contributed by atoms with Crippen molar-refractivity contribution in [1.82, 2.24) is 4.98 Å². The Morgan fingerprint density at radius 3 is 3.00 bits per heavy atom. The largest absolute Gasteiger partial charge is 0.392 e. The topological polar surface area (TPSA) is 33.1 Å². The summed E-state index contributed by atoms with van der Waals surface area (Å²) >= 11 is 1.75. The molecule has 2 nitrogen and oxygen atoms in total. The molecule has 1 aliphatic heterocycles. The summed E-state index contributed by atoms with van der Waals surface area (Å²) in [5.41, 5.74) is 0.872. The van der Waals surface area contributed by atoms with Gasteiger partial charge in [-0.25, -0.2) is 4.39 Å². The Bertz CT molecular complexity index is 321. The number of hydrogen-bond donors (Lipinski definition) is 1. The average molecular weight is 213 g/mol. The first kappa shape index (κ1) is 9.93. The first-order chi connectivity index (χ1) is 6.75. The molecule has 1 aromatic heterocycles. The van der Waals surface area contributed by atoms with Crippen LogP contribution in [0.1, 0.15) is 5.56 Å². The fourth-order valence-electron chi connectivity index (χ4n) is 1.65. The van der Waals surface area contributed by atoms with E-state index in [9.17, 15) is 9.50 Å². The van der Waals surface area contributed by atoms with Gasteiger partial charge in [0.2, 0.25) is 0 Å². The number of thioether (sulfide) groups is 1. The van der Waals surface area contributed by atoms with Gasteiger partial charge in [0, 0.05) is 11.9 Å². The van der Waals surface area contributed by atoms with E-state index in [4.69, 9.17) is 0 Å². The molecule has 0 saturated carbocycles. The molecule has 2 unspecified atom stereocenters. The predicted octanol–water partition coefficient (Wildman–Crippen LogP) is 1.49. The number of pyridine rings is 1. The van der Waals surface area contributed by atoms with Gasteiger partial charge in [-0.15, -0.1) is 0 Å². The van der Waals surface area contributed by atoms with Crippen LogP contribution >= 0.6 is 11.8 Å². The fourth-order valence-corrected chi connectivity index (χ4v) is 2.95. The molecule has 0 radical (unpaired) electrons. The summed E-state index contributed by atoms with van der Waals surface area (Å²) < 4.78 is 12.8. The molecule has 1 aromatic rings. The SMILES string of the molecule is OC1CSCC1Cc1cncc(F)c1. The molecule has 0 aliphatic carbocycles. The quantitative estimate of drug-likeness (QED) is 0.808. The number of nitrogens with zero attached hydrogens (tertiary/aromatic N) is 1. The molecule has 0 amide bonds. The highest BCUT2D eigenvalue weighted by Crippen LogP contribution is 2.27. The summed E-state index contributed by atoms with van der Waals surface area (Å²) in [5, 5.41) is 9.58. The summed E-state index contributed by atoms with van der Waals surface area (Å²) in [5.74, 6) is 1.71. The van der Waals surface area contributed by atoms with Crippen LogP contribution in [-0.4, -0.2) is 27.7 Å². The second kappa shape index (κ2) is 4.28. The van der Waals surface area contributed by atoms with Gasteiger partial charge in [0.25, 0.3) is 0 Å². The van der Waals surface area contributed by atoms with Gasteiger partial charge in [0.15, 0.2) is 0 Å². The third-order valence-electron chi connectivity index (χ3n) is 2.42. The van der Waals surface area contributed by atoms with Crippen LogP contribution in [0.2, 0.25) is 0 Å². The predicted molar refractivity (Wildman–Crippen MR) is 54.7 cm³/mol. The smallest absolute Gasteiger partial charge is 0.141 e. The molecule has 1 saturated heterocycles. The summed E-state index contributed by atoms with van der Waals surface area (Å²) in [4.78, 5) is 3.79. The molecule has 0 bridgehead atoms. The van der Waals surface area contributed by atoms with Crippen LogP contribution in [0, 0.1) is 11.7 Å². The van der Waals surface area contributed by atoms with E-state index < -0.39 is 0 Å². The van der Waals surface area contributed by atoms with Gasteiger partial charge in [0.05, 0.1) is 12.3 Å². The van der Waals surface area contributed by atoms with Crippen molar-refractivity contribution in [1.29, 1.82) is 0 Å². The Morgan fingerprint density at radius 2 is 2.36 bits per heavy atom. The minimum Gasteiger partial charge on any atom is -0.392 e. The number of aromatic nitrogens is 1. The normalized spacial score (nSPS) is 26.7. The lowest BCUT2D eigenvalue weighted by Gasteiger charge is -2.12. The highest BCUT2D eigenvalue weighted by atomic mass is 32.2. The molecule has 2 rings (SSSR count). The fraction of sp³-hybridized carbons (Fsp3) is 0.500. The molecule has 0 spiro atoms. The highest BCUT2D eigenvalue weighted by molar-refractivity contribution is 7.99. The van der Waals surface area contributed by atoms with Gasteiger partial charge < -0.3 is 5.11 Å². The maximum absolute atomic E-state index is 12.8. The van der Waals surface area contributed by atoms with E-state index in [1.165, 1.54) is 12.3 Å². The molecule has 1 aliphatic rings. The number of halogens is 1. The van der Waals surface area contributed by atoms with Crippen molar-refractivity contribution in [3.05, 3.63) is 29.8 Å². The zero-order valence-electron chi connectivity index (χ0n) is 7.69. The van der Waals surface area contributed by atoms with Crippen molar-refractivity contribution < 1.29 is 9.50 Å². The Kier molecular flexibility index (Phi) is 3.03. The van der Waals surface area contributed by atoms with Crippen molar-refractivity contribution in [3.8, 4) is 0 Å². The molecular formula is C10H12FNOS. The third kappa shape index (κ3) is 2.25. The molecule has 2 heterocycles. The van der Waals surface area contributed by atoms with Crippen molar-refractivity contribution in [2.45, 2.75) is 12.5 Å². The lowest BCUT2D eigenvalue weighted by Crippen LogP contribution is -2.19. The van der Waals surface area contributed by atoms with Crippen molar-refractivity contribution >= 4 is 11.8 Å². The van der Waals surface area contributed by atoms with Crippen molar-refractivity contribution in [2.24, 2.45) is 5.92 Å². The average Bonchev–Trinajstić information content (AvgIpc) is 2.52. The lowest BCUT2D eigenvalue weighted by molar-refractivity contribution is 0.149. The van der Waals surface area contributed by atoms with Gasteiger partial charge in [-0.2, -0.15) is 11.8 Å². The second-order valence-electron chi connectivity index (χ2n) is 3.58. The minimum atomic E-state index is -0.303. The monoisotopic (exact) mass is 213 g/mol. The van der Waals surface area contributed by atoms with Crippen LogP contribution in [0.3, 0.4) is 0 Å². The molecule has 0 aromatic carbocycles. The maximum Gasteiger partial charge on any atom is 0.141 e. The minimum absolute atomic E-state index is 0.247. The zero-order valence-corrected chi connectivity index (χ0v) is 8.51. The number of aliphatic hydroxyl groups is 1. The van der Waals surface area contributed by atoms with Gasteiger partial charge in [0.1, 0.15) is 5.82 Å². The van der Waals surface area contributed by atoms with E-state index in [2.05, 4.69) is 4.98 Å². The van der Waals surface area contributed by atoms with E-state index in [0.29, 0.717) is 0 Å². The van der Waals surface area contributed by atoms with Crippen LogP contribution in [0.5, 0.6) is 0 Å². The Labute approximate surface area is 86.6 Å². The standard InChI is InChI=1S/C10H12FNOS/c11-9-2-7(3-12-4-9)1-8-5-14-6-10(8)13/h2-4,8,10,13H,1,5-6H2. The van der Waals surface area contributed by atoms with E-state index in [-0.39, 0.29) is 17.8 Å². The van der Waals surface area contributed by atoms with Crippen LogP contribution in [0.15, 0.2) is 18.5 Å². The summed E-state index contributed by atoms with van der Waals surface area (Å²) in [7, 11) is 0. The molecule has 14 heavy (non-hydrogen) atoms. The molecule has 76 valence electrons. The summed E-state index contributed by atoms with van der Waals surface area (Å²) in [6, 6.07) is 1.49. The molecule has 2 atom stereocenters. The van der Waals surface area contributed by atoms with Crippen LogP contribution in [-0.2, 0) is 6.42 Å². The molecule has 1 fully saturated rings. The zero-order chi connectivity index (χ0) is 9.97. The third-order valence-corrected chi connectivity index (χ3v) is 3.67. The van der Waals surface area contributed by atoms with E-state index in [0.717, 1.165) is 23.5 Å². The van der Waals surface area contributed by atoms with Gasteiger partial charge >= 0.3 is 0 Å². The Hall–Kier alpha value is -0.610. The first-order valence-corrected chi connectivity index (χ1v) is 5.76. The van der Waals surface area contributed by atoms with Crippen LogP contribution in [0.25, 0.3) is 0 Å². The number of aliphatic hydroxyl groups excluding tert-OH is 1. The molecular weight excluding hydrogens is 201 g/mol. The number of hydrogen-bond acceptors (Lipinski definition) is 3. The first-order valence-electron chi connectivity index (χ1n) is 4.61. The Balaban J connectivity index is 2.03. The van der Waals surface area contributed by atoms with Crippen LogP contribution < -0.4 is 0 Å². The lowest BCUT2D eigenvalue weighted by atomic mass is 9.98. The highest BCUT2D eigenvalue weighted by Gasteiger charge is 2.25. The second-order valence-corrected chi connectivity index (χ2v) is 4.66. The van der Waals surface area contributed by atoms with Gasteiger partial charge in [-0.3, -0.25) is 4.98 Å². The van der Waals surface area contributed by atoms with Gasteiger partial charge in [-0.05, 0) is 29.7 Å². The van der Waals surface area contributed by atoms with E-state index >= 15 is 0 Å². The molecule has 1 N–H and O–H groups in total. The van der Waals surface area contributed by atoms with E-state index in [1.54, 1.807) is 18.0 Å². The van der Waals surface area contributed by atoms with Crippen molar-refractivity contribution in [2.75, 3.05) is 11.5 Å². The van der Waals surface area contributed by atoms with Gasteiger partial charge in [-0.1, -0.05) is 0 Å².